The molecule has 60 heavy (non-hydrogen) atoms. The first-order valence-electron chi connectivity index (χ1n) is 21.4. The quantitative estimate of drug-likeness (QED) is 0.130. The SMILES string of the molecule is C=C/C=N\C(=C)N1C/C=C\CCC(C)C2(c3ccccc3SC3C=C(c4ncnc(-c5cc(C#N)cc6c5-c5ccccc5C65CCCCC5)n4)C=CC32)c2ccccc21. The third kappa shape index (κ3) is 5.98. The van der Waals surface area contributed by atoms with Gasteiger partial charge in [-0.1, -0.05) is 136 Å². The molecule has 10 rings (SSSR count). The lowest BCUT2D eigenvalue weighted by Gasteiger charge is -2.53. The highest BCUT2D eigenvalue weighted by atomic mass is 32.2. The van der Waals surface area contributed by atoms with Crippen LogP contribution in [0.1, 0.15) is 85.5 Å². The molecule has 0 saturated heterocycles. The number of anilines is 1. The van der Waals surface area contributed by atoms with Crippen LogP contribution >= 0.6 is 11.8 Å². The van der Waals surface area contributed by atoms with E-state index in [0.29, 0.717) is 29.6 Å². The number of hydrogen-bond acceptors (Lipinski definition) is 7. The van der Waals surface area contributed by atoms with Gasteiger partial charge in [-0.25, -0.2) is 19.9 Å². The molecule has 296 valence electrons. The molecule has 1 fully saturated rings. The zero-order chi connectivity index (χ0) is 40.8. The predicted octanol–water partition coefficient (Wildman–Crippen LogP) is 12.2. The van der Waals surface area contributed by atoms with E-state index in [0.717, 1.165) is 42.5 Å². The van der Waals surface area contributed by atoms with Crippen molar-refractivity contribution in [2.75, 3.05) is 11.4 Å². The van der Waals surface area contributed by atoms with Crippen LogP contribution in [0.5, 0.6) is 0 Å². The van der Waals surface area contributed by atoms with Gasteiger partial charge < -0.3 is 4.90 Å². The van der Waals surface area contributed by atoms with Gasteiger partial charge >= 0.3 is 0 Å². The average Bonchev–Trinajstić information content (AvgIpc) is 3.56. The standard InChI is InChI=1S/C53H48N6S/c1-4-28-55-36(3)59-29-16-5-7-17-35(2)53(42-20-10-12-22-46(42)59)43-21-11-13-23-47(43)60-48-32-38(24-25-44(48)53)50-56-34-57-51(58-50)40-30-37(33-54)31-45-49(40)39-18-8-9-19-41(39)52(45)26-14-6-15-27-52/h4-5,8-13,16,18-25,28,30-32,34-35,44,48H,1,3,6-7,14-15,17,26-27,29H2,2H3/b16-5-,55-28-. The summed E-state index contributed by atoms with van der Waals surface area (Å²) in [6, 6.07) is 33.4. The van der Waals surface area contributed by atoms with Crippen LogP contribution in [-0.2, 0) is 10.8 Å². The lowest BCUT2D eigenvalue weighted by Crippen LogP contribution is -2.49. The number of allylic oxidation sites excluding steroid dienone is 5. The molecular weight excluding hydrogens is 753 g/mol. The van der Waals surface area contributed by atoms with Crippen molar-refractivity contribution in [2.45, 2.75) is 72.8 Å². The number of rotatable bonds is 5. The molecule has 4 atom stereocenters. The average molecular weight is 801 g/mol. The van der Waals surface area contributed by atoms with E-state index in [2.05, 4.69) is 140 Å². The summed E-state index contributed by atoms with van der Waals surface area (Å²) in [5.74, 6) is 2.35. The molecule has 5 aromatic rings. The minimum absolute atomic E-state index is 0.0833. The van der Waals surface area contributed by atoms with Crippen molar-refractivity contribution in [1.29, 1.82) is 5.26 Å². The van der Waals surface area contributed by atoms with Crippen molar-refractivity contribution in [3.8, 4) is 28.6 Å². The fraction of sp³-hybridized carbons (Fsp3) is 0.264. The summed E-state index contributed by atoms with van der Waals surface area (Å²) in [5.41, 5.74) is 10.9. The largest absolute Gasteiger partial charge is 0.323 e. The Kier molecular flexibility index (Phi) is 9.84. The molecular formula is C53H48N6S. The molecule has 4 unspecified atom stereocenters. The zero-order valence-electron chi connectivity index (χ0n) is 34.1. The number of hydrogen-bond donors (Lipinski definition) is 0. The van der Waals surface area contributed by atoms with E-state index < -0.39 is 0 Å². The summed E-state index contributed by atoms with van der Waals surface area (Å²) in [5, 5.41) is 10.5. The number of thioether (sulfide) groups is 1. The van der Waals surface area contributed by atoms with E-state index in [1.54, 1.807) is 18.6 Å². The Bertz CT molecular complexity index is 2710. The highest BCUT2D eigenvalue weighted by molar-refractivity contribution is 8.00. The summed E-state index contributed by atoms with van der Waals surface area (Å²) >= 11 is 1.94. The van der Waals surface area contributed by atoms with Gasteiger partial charge in [0.25, 0.3) is 0 Å². The topological polar surface area (TPSA) is 78.1 Å². The molecule has 2 spiro atoms. The van der Waals surface area contributed by atoms with Gasteiger partial charge in [0.05, 0.1) is 11.6 Å². The van der Waals surface area contributed by atoms with E-state index in [-0.39, 0.29) is 27.9 Å². The number of benzene rings is 4. The molecule has 3 heterocycles. The van der Waals surface area contributed by atoms with Crippen LogP contribution in [0.15, 0.2) is 157 Å². The normalized spacial score (nSPS) is 24.0. The van der Waals surface area contributed by atoms with Crippen molar-refractivity contribution in [3.05, 3.63) is 180 Å². The number of nitrogens with zero attached hydrogens (tertiary/aromatic N) is 6. The number of fused-ring (bicyclic) bond motifs is 11. The first kappa shape index (κ1) is 38.1. The fourth-order valence-electron chi connectivity index (χ4n) is 11.3. The minimum atomic E-state index is -0.363. The predicted molar refractivity (Wildman–Crippen MR) is 246 cm³/mol. The third-order valence-corrected chi connectivity index (χ3v) is 15.2. The van der Waals surface area contributed by atoms with E-state index in [4.69, 9.17) is 19.9 Å². The Hall–Kier alpha value is -6.10. The van der Waals surface area contributed by atoms with Crippen molar-refractivity contribution in [2.24, 2.45) is 16.8 Å². The van der Waals surface area contributed by atoms with E-state index in [9.17, 15) is 5.26 Å². The van der Waals surface area contributed by atoms with Gasteiger partial charge in [0.1, 0.15) is 12.1 Å². The lowest BCUT2D eigenvalue weighted by molar-refractivity contribution is 0.247. The molecule has 3 aliphatic carbocycles. The summed E-state index contributed by atoms with van der Waals surface area (Å²) < 4.78 is 0. The highest BCUT2D eigenvalue weighted by Gasteiger charge is 2.54. The Morgan fingerprint density at radius 2 is 1.67 bits per heavy atom. The minimum Gasteiger partial charge on any atom is -0.323 e. The second kappa shape index (κ2) is 15.5. The van der Waals surface area contributed by atoms with Crippen LogP contribution in [0, 0.1) is 23.2 Å². The first-order chi connectivity index (χ1) is 29.5. The van der Waals surface area contributed by atoms with Crippen LogP contribution in [-0.4, -0.2) is 33.0 Å². The molecule has 0 radical (unpaired) electrons. The molecule has 4 aromatic carbocycles. The summed E-state index contributed by atoms with van der Waals surface area (Å²) in [7, 11) is 0. The number of para-hydroxylation sites is 1. The maximum absolute atomic E-state index is 10.4. The van der Waals surface area contributed by atoms with Crippen molar-refractivity contribution in [3.63, 3.8) is 0 Å². The Balaban J connectivity index is 1.10. The van der Waals surface area contributed by atoms with Gasteiger partial charge in [-0.3, -0.25) is 0 Å². The van der Waals surface area contributed by atoms with Gasteiger partial charge in [0.15, 0.2) is 11.6 Å². The maximum atomic E-state index is 10.4. The molecule has 5 aliphatic rings. The van der Waals surface area contributed by atoms with Crippen molar-refractivity contribution in [1.82, 2.24) is 15.0 Å². The maximum Gasteiger partial charge on any atom is 0.164 e. The van der Waals surface area contributed by atoms with Crippen LogP contribution in [0.2, 0.25) is 0 Å². The smallest absolute Gasteiger partial charge is 0.164 e. The number of aliphatic imine (C=N–C) groups is 1. The number of aromatic nitrogens is 3. The second-order valence-corrected chi connectivity index (χ2v) is 18.1. The highest BCUT2D eigenvalue weighted by Crippen LogP contribution is 2.61. The van der Waals surface area contributed by atoms with Crippen LogP contribution < -0.4 is 4.90 Å². The zero-order valence-corrected chi connectivity index (χ0v) is 34.9. The van der Waals surface area contributed by atoms with Gasteiger partial charge in [-0.05, 0) is 89.2 Å². The molecule has 0 N–H and O–H groups in total. The number of nitriles is 1. The van der Waals surface area contributed by atoms with Gasteiger partial charge in [0, 0.05) is 56.5 Å². The molecule has 0 amide bonds. The molecule has 1 saturated carbocycles. The van der Waals surface area contributed by atoms with Gasteiger partial charge in [0.2, 0.25) is 0 Å². The molecule has 6 nitrogen and oxygen atoms in total. The fourth-order valence-corrected chi connectivity index (χ4v) is 12.8. The molecule has 0 bridgehead atoms. The van der Waals surface area contributed by atoms with E-state index >= 15 is 0 Å². The first-order valence-corrected chi connectivity index (χ1v) is 22.3. The third-order valence-electron chi connectivity index (χ3n) is 13.9. The Morgan fingerprint density at radius 3 is 2.50 bits per heavy atom. The monoisotopic (exact) mass is 800 g/mol. The van der Waals surface area contributed by atoms with Crippen LogP contribution in [0.3, 0.4) is 0 Å². The second-order valence-electron chi connectivity index (χ2n) is 16.8. The summed E-state index contributed by atoms with van der Waals surface area (Å²) in [6.07, 6.45) is 24.5. The summed E-state index contributed by atoms with van der Waals surface area (Å²) in [6.45, 7) is 11.4. The van der Waals surface area contributed by atoms with Gasteiger partial charge in [-0.15, -0.1) is 11.8 Å². The van der Waals surface area contributed by atoms with E-state index in [1.807, 2.05) is 17.8 Å². The molecule has 2 aliphatic heterocycles. The van der Waals surface area contributed by atoms with Crippen LogP contribution in [0.25, 0.3) is 28.1 Å². The lowest BCUT2D eigenvalue weighted by atomic mass is 9.56. The van der Waals surface area contributed by atoms with Crippen molar-refractivity contribution < 1.29 is 0 Å². The van der Waals surface area contributed by atoms with Crippen LogP contribution in [0.4, 0.5) is 5.69 Å². The van der Waals surface area contributed by atoms with E-state index in [1.165, 1.54) is 57.5 Å². The van der Waals surface area contributed by atoms with Gasteiger partial charge in [-0.2, -0.15) is 5.26 Å². The molecule has 7 heteroatoms. The Morgan fingerprint density at radius 1 is 0.900 bits per heavy atom. The summed E-state index contributed by atoms with van der Waals surface area (Å²) in [4.78, 5) is 23.2. The van der Waals surface area contributed by atoms with Crippen molar-refractivity contribution >= 4 is 29.2 Å². The molecule has 1 aromatic heterocycles. The Labute approximate surface area is 358 Å².